The Labute approximate surface area is 142 Å². The van der Waals surface area contributed by atoms with Gasteiger partial charge in [0.05, 0.1) is 5.56 Å². The topological polar surface area (TPSA) is 15.3 Å². The molecule has 1 atom stereocenters. The van der Waals surface area contributed by atoms with Gasteiger partial charge in [0, 0.05) is 32.2 Å². The van der Waals surface area contributed by atoms with Crippen LogP contribution in [-0.2, 0) is 6.18 Å². The van der Waals surface area contributed by atoms with Crippen LogP contribution in [0, 0.1) is 0 Å². The van der Waals surface area contributed by atoms with Crippen LogP contribution in [-0.4, -0.2) is 31.1 Å². The monoisotopic (exact) mass is 358 g/mol. The van der Waals surface area contributed by atoms with Gasteiger partial charge in [0.15, 0.2) is 0 Å². The van der Waals surface area contributed by atoms with Crippen LogP contribution in [0.15, 0.2) is 24.3 Å². The standard InChI is InChI=1S/C15H21F3N2.2ClH/c1-2-3-14(20-10-8-19-9-11-20)12-4-6-13(7-5-12)15(16,17)18;;/h4-7,14,19H,2-3,8-11H2,1H3;2*1H/t14-;;/m1../s1. The van der Waals surface area contributed by atoms with E-state index in [1.54, 1.807) is 12.1 Å². The van der Waals surface area contributed by atoms with E-state index in [1.165, 1.54) is 12.1 Å². The molecular formula is C15H23Cl2F3N2. The van der Waals surface area contributed by atoms with Gasteiger partial charge in [-0.1, -0.05) is 25.5 Å². The van der Waals surface area contributed by atoms with Crippen LogP contribution in [0.5, 0.6) is 0 Å². The average molecular weight is 359 g/mol. The zero-order valence-corrected chi connectivity index (χ0v) is 14.2. The summed E-state index contributed by atoms with van der Waals surface area (Å²) >= 11 is 0. The quantitative estimate of drug-likeness (QED) is 0.863. The van der Waals surface area contributed by atoms with E-state index in [-0.39, 0.29) is 30.9 Å². The Hall–Kier alpha value is -0.490. The number of alkyl halides is 3. The van der Waals surface area contributed by atoms with Crippen LogP contribution >= 0.6 is 24.8 Å². The van der Waals surface area contributed by atoms with Gasteiger partial charge in [-0.2, -0.15) is 13.2 Å². The molecule has 0 spiro atoms. The summed E-state index contributed by atoms with van der Waals surface area (Å²) in [6, 6.07) is 5.88. The van der Waals surface area contributed by atoms with Gasteiger partial charge >= 0.3 is 6.18 Å². The van der Waals surface area contributed by atoms with Crippen molar-refractivity contribution in [3.63, 3.8) is 0 Å². The van der Waals surface area contributed by atoms with Crippen molar-refractivity contribution in [3.8, 4) is 0 Å². The summed E-state index contributed by atoms with van der Waals surface area (Å²) in [6.45, 7) is 5.90. The molecule has 2 rings (SSSR count). The molecule has 128 valence electrons. The predicted octanol–water partition coefficient (Wildman–Crippen LogP) is 4.30. The normalized spacial score (nSPS) is 17.3. The molecule has 0 saturated carbocycles. The second kappa shape index (κ2) is 9.60. The molecule has 1 heterocycles. The Kier molecular flexibility index (Phi) is 9.39. The maximum Gasteiger partial charge on any atom is 0.416 e. The Bertz CT molecular complexity index is 418. The minimum Gasteiger partial charge on any atom is -0.314 e. The molecule has 1 fully saturated rings. The van der Waals surface area contributed by atoms with Crippen molar-refractivity contribution in [1.29, 1.82) is 0 Å². The summed E-state index contributed by atoms with van der Waals surface area (Å²) in [6.07, 6.45) is -2.26. The third kappa shape index (κ3) is 5.61. The van der Waals surface area contributed by atoms with Crippen LogP contribution in [0.2, 0.25) is 0 Å². The Balaban J connectivity index is 0.00000220. The van der Waals surface area contributed by atoms with Crippen LogP contribution in [0.1, 0.15) is 36.9 Å². The average Bonchev–Trinajstić information content (AvgIpc) is 2.45. The highest BCUT2D eigenvalue weighted by atomic mass is 35.5. The zero-order chi connectivity index (χ0) is 14.6. The van der Waals surface area contributed by atoms with Gasteiger partial charge in [0.2, 0.25) is 0 Å². The molecule has 0 aromatic heterocycles. The highest BCUT2D eigenvalue weighted by molar-refractivity contribution is 5.85. The lowest BCUT2D eigenvalue weighted by Gasteiger charge is -2.35. The van der Waals surface area contributed by atoms with E-state index in [0.717, 1.165) is 44.6 Å². The van der Waals surface area contributed by atoms with Gasteiger partial charge < -0.3 is 5.32 Å². The second-order valence-electron chi connectivity index (χ2n) is 5.21. The fraction of sp³-hybridized carbons (Fsp3) is 0.600. The van der Waals surface area contributed by atoms with Gasteiger partial charge in [-0.3, -0.25) is 4.90 Å². The van der Waals surface area contributed by atoms with Crippen molar-refractivity contribution < 1.29 is 13.2 Å². The summed E-state index contributed by atoms with van der Waals surface area (Å²) < 4.78 is 37.8. The van der Waals surface area contributed by atoms with Crippen molar-refractivity contribution >= 4 is 24.8 Å². The van der Waals surface area contributed by atoms with E-state index in [4.69, 9.17) is 0 Å². The van der Waals surface area contributed by atoms with Gasteiger partial charge in [-0.05, 0) is 24.1 Å². The lowest BCUT2D eigenvalue weighted by molar-refractivity contribution is -0.137. The van der Waals surface area contributed by atoms with E-state index in [2.05, 4.69) is 17.1 Å². The summed E-state index contributed by atoms with van der Waals surface area (Å²) in [5.74, 6) is 0. The van der Waals surface area contributed by atoms with Crippen molar-refractivity contribution in [2.45, 2.75) is 32.0 Å². The molecule has 1 aromatic rings. The summed E-state index contributed by atoms with van der Waals surface area (Å²) in [4.78, 5) is 2.36. The maximum absolute atomic E-state index is 12.6. The number of nitrogens with one attached hydrogen (secondary N) is 1. The van der Waals surface area contributed by atoms with Crippen LogP contribution in [0.3, 0.4) is 0 Å². The van der Waals surface area contributed by atoms with E-state index in [1.807, 2.05) is 0 Å². The maximum atomic E-state index is 12.6. The molecule has 0 aliphatic carbocycles. The molecule has 0 unspecified atom stereocenters. The van der Waals surface area contributed by atoms with Crippen molar-refractivity contribution in [2.24, 2.45) is 0 Å². The minimum atomic E-state index is -4.26. The minimum absolute atomic E-state index is 0. The van der Waals surface area contributed by atoms with Gasteiger partial charge in [-0.25, -0.2) is 0 Å². The van der Waals surface area contributed by atoms with Crippen molar-refractivity contribution in [3.05, 3.63) is 35.4 Å². The molecule has 1 N–H and O–H groups in total. The summed E-state index contributed by atoms with van der Waals surface area (Å²) in [5.41, 5.74) is 0.415. The first-order valence-electron chi connectivity index (χ1n) is 7.14. The summed E-state index contributed by atoms with van der Waals surface area (Å²) in [5, 5.41) is 3.30. The number of hydrogen-bond acceptors (Lipinski definition) is 2. The first kappa shape index (κ1) is 21.5. The number of hydrogen-bond donors (Lipinski definition) is 1. The highest BCUT2D eigenvalue weighted by Gasteiger charge is 2.30. The van der Waals surface area contributed by atoms with E-state index in [9.17, 15) is 13.2 Å². The number of benzene rings is 1. The second-order valence-corrected chi connectivity index (χ2v) is 5.21. The van der Waals surface area contributed by atoms with Crippen molar-refractivity contribution in [1.82, 2.24) is 10.2 Å². The van der Waals surface area contributed by atoms with Crippen molar-refractivity contribution in [2.75, 3.05) is 26.2 Å². The smallest absolute Gasteiger partial charge is 0.314 e. The third-order valence-electron chi connectivity index (χ3n) is 3.78. The van der Waals surface area contributed by atoms with Crippen LogP contribution < -0.4 is 5.32 Å². The number of nitrogens with zero attached hydrogens (tertiary/aromatic N) is 1. The SMILES string of the molecule is CCC[C@H](c1ccc(C(F)(F)F)cc1)N1CCNCC1.Cl.Cl. The van der Waals surface area contributed by atoms with E-state index >= 15 is 0 Å². The number of halogens is 5. The third-order valence-corrected chi connectivity index (χ3v) is 3.78. The van der Waals surface area contributed by atoms with E-state index in [0.29, 0.717) is 0 Å². The molecule has 1 aliphatic heterocycles. The molecule has 0 amide bonds. The van der Waals surface area contributed by atoms with Gasteiger partial charge in [-0.15, -0.1) is 24.8 Å². The first-order valence-corrected chi connectivity index (χ1v) is 7.14. The van der Waals surface area contributed by atoms with Crippen LogP contribution in [0.25, 0.3) is 0 Å². The molecule has 0 radical (unpaired) electrons. The Morgan fingerprint density at radius 1 is 1.09 bits per heavy atom. The Morgan fingerprint density at radius 2 is 1.64 bits per heavy atom. The molecule has 7 heteroatoms. The lowest BCUT2D eigenvalue weighted by atomic mass is 9.98. The largest absolute Gasteiger partial charge is 0.416 e. The van der Waals surface area contributed by atoms with Gasteiger partial charge in [0.1, 0.15) is 0 Å². The van der Waals surface area contributed by atoms with Gasteiger partial charge in [0.25, 0.3) is 0 Å². The molecule has 1 saturated heterocycles. The number of rotatable bonds is 4. The molecule has 1 aromatic carbocycles. The highest BCUT2D eigenvalue weighted by Crippen LogP contribution is 2.32. The predicted molar refractivity (Wildman–Crippen MR) is 88.0 cm³/mol. The number of piperazine rings is 1. The Morgan fingerprint density at radius 3 is 2.09 bits per heavy atom. The zero-order valence-electron chi connectivity index (χ0n) is 12.5. The molecule has 2 nitrogen and oxygen atoms in total. The first-order chi connectivity index (χ1) is 9.52. The molecule has 22 heavy (non-hydrogen) atoms. The summed E-state index contributed by atoms with van der Waals surface area (Å²) in [7, 11) is 0. The van der Waals surface area contributed by atoms with E-state index < -0.39 is 11.7 Å². The molecule has 1 aliphatic rings. The molecular weight excluding hydrogens is 336 g/mol. The van der Waals surface area contributed by atoms with Crippen LogP contribution in [0.4, 0.5) is 13.2 Å². The molecule has 0 bridgehead atoms. The fourth-order valence-corrected chi connectivity index (χ4v) is 2.72. The lowest BCUT2D eigenvalue weighted by Crippen LogP contribution is -2.45. The fourth-order valence-electron chi connectivity index (χ4n) is 2.72.